The van der Waals surface area contributed by atoms with E-state index in [9.17, 15) is 5.11 Å². The van der Waals surface area contributed by atoms with Crippen molar-refractivity contribution in [1.29, 1.82) is 0 Å². The summed E-state index contributed by atoms with van der Waals surface area (Å²) in [7, 11) is 0. The molecule has 0 atom stereocenters. The number of thiophene rings is 1. The summed E-state index contributed by atoms with van der Waals surface area (Å²) in [5, 5.41) is 12.6. The Labute approximate surface area is 101 Å². The molecule has 0 aliphatic carbocycles. The van der Waals surface area contributed by atoms with Crippen molar-refractivity contribution in [3.8, 4) is 0 Å². The molecule has 0 spiro atoms. The molecule has 0 aromatic carbocycles. The van der Waals surface area contributed by atoms with Crippen molar-refractivity contribution in [3.05, 3.63) is 19.8 Å². The van der Waals surface area contributed by atoms with Crippen molar-refractivity contribution in [1.82, 2.24) is 5.32 Å². The molecule has 0 radical (unpaired) electrons. The Morgan fingerprint density at radius 3 is 2.71 bits per heavy atom. The normalized spacial score (nSPS) is 12.1. The van der Waals surface area contributed by atoms with E-state index in [-0.39, 0.29) is 0 Å². The lowest BCUT2D eigenvalue weighted by Gasteiger charge is -2.17. The molecule has 1 aromatic heterocycles. The third kappa shape index (κ3) is 4.28. The van der Waals surface area contributed by atoms with Crippen LogP contribution in [0.5, 0.6) is 0 Å². The molecule has 1 rings (SSSR count). The maximum Gasteiger partial charge on any atom is 0.107 e. The Kier molecular flexibility index (Phi) is 4.40. The zero-order valence-corrected chi connectivity index (χ0v) is 11.3. The first-order valence-corrected chi connectivity index (χ1v) is 6.24. The first-order chi connectivity index (χ1) is 6.38. The van der Waals surface area contributed by atoms with Gasteiger partial charge in [-0.25, -0.2) is 0 Å². The van der Waals surface area contributed by atoms with Crippen LogP contribution in [0.3, 0.4) is 0 Å². The zero-order chi connectivity index (χ0) is 10.8. The third-order valence-corrected chi connectivity index (χ3v) is 4.03. The zero-order valence-electron chi connectivity index (χ0n) is 8.10. The minimum atomic E-state index is -0.668. The summed E-state index contributed by atoms with van der Waals surface area (Å²) in [6.45, 7) is 4.86. The van der Waals surface area contributed by atoms with Crippen LogP contribution in [0.25, 0.3) is 0 Å². The molecule has 2 nitrogen and oxygen atoms in total. The topological polar surface area (TPSA) is 32.3 Å². The highest BCUT2D eigenvalue weighted by atomic mass is 79.9. The summed E-state index contributed by atoms with van der Waals surface area (Å²) >= 11 is 10.8. The van der Waals surface area contributed by atoms with Crippen molar-refractivity contribution < 1.29 is 5.11 Å². The largest absolute Gasteiger partial charge is 0.389 e. The van der Waals surface area contributed by atoms with Crippen LogP contribution < -0.4 is 5.32 Å². The third-order valence-electron chi connectivity index (χ3n) is 1.55. The predicted octanol–water partition coefficient (Wildman–Crippen LogP) is 3.02. The van der Waals surface area contributed by atoms with Crippen molar-refractivity contribution >= 4 is 38.9 Å². The second-order valence-electron chi connectivity index (χ2n) is 3.75. The highest BCUT2D eigenvalue weighted by molar-refractivity contribution is 9.10. The van der Waals surface area contributed by atoms with Gasteiger partial charge in [0, 0.05) is 22.4 Å². The summed E-state index contributed by atoms with van der Waals surface area (Å²) < 4.78 is 1.70. The van der Waals surface area contributed by atoms with Crippen LogP contribution >= 0.6 is 38.9 Å². The van der Waals surface area contributed by atoms with E-state index >= 15 is 0 Å². The molecule has 1 aromatic rings. The van der Waals surface area contributed by atoms with Gasteiger partial charge >= 0.3 is 0 Å². The predicted molar refractivity (Wildman–Crippen MR) is 65.0 cm³/mol. The summed E-state index contributed by atoms with van der Waals surface area (Å²) in [5.74, 6) is 0. The van der Waals surface area contributed by atoms with Gasteiger partial charge in [-0.05, 0) is 35.8 Å². The van der Waals surface area contributed by atoms with E-state index in [0.29, 0.717) is 6.54 Å². The second kappa shape index (κ2) is 4.94. The van der Waals surface area contributed by atoms with Gasteiger partial charge in [-0.2, -0.15) is 0 Å². The van der Waals surface area contributed by atoms with Crippen LogP contribution in [-0.4, -0.2) is 17.3 Å². The summed E-state index contributed by atoms with van der Waals surface area (Å²) in [4.78, 5) is 1.16. The second-order valence-corrected chi connectivity index (χ2v) is 6.34. The minimum absolute atomic E-state index is 0.570. The van der Waals surface area contributed by atoms with Crippen LogP contribution in [0.1, 0.15) is 18.7 Å². The van der Waals surface area contributed by atoms with E-state index in [1.54, 1.807) is 13.8 Å². The van der Waals surface area contributed by atoms with Crippen LogP contribution in [0.4, 0.5) is 0 Å². The lowest BCUT2D eigenvalue weighted by molar-refractivity contribution is 0.0796. The fourth-order valence-corrected chi connectivity index (χ4v) is 2.73. The lowest BCUT2D eigenvalue weighted by Crippen LogP contribution is -2.34. The van der Waals surface area contributed by atoms with E-state index in [2.05, 4.69) is 21.2 Å². The van der Waals surface area contributed by atoms with Crippen LogP contribution in [0, 0.1) is 0 Å². The Morgan fingerprint density at radius 1 is 1.64 bits per heavy atom. The van der Waals surface area contributed by atoms with Gasteiger partial charge in [0.05, 0.1) is 5.60 Å². The van der Waals surface area contributed by atoms with Crippen molar-refractivity contribution in [2.75, 3.05) is 6.54 Å². The van der Waals surface area contributed by atoms with E-state index in [4.69, 9.17) is 11.6 Å². The quantitative estimate of drug-likeness (QED) is 0.895. The summed E-state index contributed by atoms with van der Waals surface area (Å²) in [5.41, 5.74) is -0.668. The summed E-state index contributed by atoms with van der Waals surface area (Å²) in [6, 6.07) is 1.99. The molecule has 0 saturated carbocycles. The fourth-order valence-electron chi connectivity index (χ4n) is 0.970. The molecule has 14 heavy (non-hydrogen) atoms. The number of hydrogen-bond acceptors (Lipinski definition) is 3. The molecule has 0 fully saturated rings. The Morgan fingerprint density at radius 2 is 2.29 bits per heavy atom. The van der Waals surface area contributed by atoms with Crippen molar-refractivity contribution in [3.63, 3.8) is 0 Å². The molecule has 2 N–H and O–H groups in total. The van der Waals surface area contributed by atoms with Gasteiger partial charge in [0.2, 0.25) is 0 Å². The van der Waals surface area contributed by atoms with Gasteiger partial charge in [-0.3, -0.25) is 0 Å². The van der Waals surface area contributed by atoms with E-state index in [0.717, 1.165) is 20.2 Å². The molecule has 0 aliphatic rings. The standard InChI is InChI=1S/C9H13BrClNOS/c1-9(2,13)5-12-4-6-3-7(10)8(11)14-6/h3,12-13H,4-5H2,1-2H3. The Bertz CT molecular complexity index is 289. The van der Waals surface area contributed by atoms with Crippen LogP contribution in [0.2, 0.25) is 4.34 Å². The van der Waals surface area contributed by atoms with E-state index in [1.807, 2.05) is 6.07 Å². The molecule has 1 heterocycles. The molecular weight excluding hydrogens is 286 g/mol. The van der Waals surface area contributed by atoms with Gasteiger partial charge in [-0.15, -0.1) is 11.3 Å². The Hall–Kier alpha value is 0.390. The fraction of sp³-hybridized carbons (Fsp3) is 0.556. The maximum absolute atomic E-state index is 9.46. The number of rotatable bonds is 4. The number of nitrogens with one attached hydrogen (secondary N) is 1. The maximum atomic E-state index is 9.46. The van der Waals surface area contributed by atoms with E-state index in [1.165, 1.54) is 11.3 Å². The lowest BCUT2D eigenvalue weighted by atomic mass is 10.1. The highest BCUT2D eigenvalue weighted by Crippen LogP contribution is 2.31. The minimum Gasteiger partial charge on any atom is -0.389 e. The highest BCUT2D eigenvalue weighted by Gasteiger charge is 2.11. The van der Waals surface area contributed by atoms with Gasteiger partial charge in [0.1, 0.15) is 4.34 Å². The number of hydrogen-bond donors (Lipinski definition) is 2. The van der Waals surface area contributed by atoms with Crippen LogP contribution in [-0.2, 0) is 6.54 Å². The van der Waals surface area contributed by atoms with Crippen LogP contribution in [0.15, 0.2) is 10.5 Å². The molecule has 0 unspecified atom stereocenters. The smallest absolute Gasteiger partial charge is 0.107 e. The average molecular weight is 299 g/mol. The van der Waals surface area contributed by atoms with Gasteiger partial charge < -0.3 is 10.4 Å². The van der Waals surface area contributed by atoms with Crippen molar-refractivity contribution in [2.45, 2.75) is 26.0 Å². The number of halogens is 2. The SMILES string of the molecule is CC(C)(O)CNCc1cc(Br)c(Cl)s1. The molecule has 0 saturated heterocycles. The molecule has 80 valence electrons. The average Bonchev–Trinajstić information content (AvgIpc) is 2.28. The summed E-state index contributed by atoms with van der Waals surface area (Å²) in [6.07, 6.45) is 0. The molecule has 5 heteroatoms. The molecule has 0 bridgehead atoms. The first-order valence-electron chi connectivity index (χ1n) is 4.25. The van der Waals surface area contributed by atoms with Gasteiger partial charge in [0.25, 0.3) is 0 Å². The van der Waals surface area contributed by atoms with Crippen molar-refractivity contribution in [2.24, 2.45) is 0 Å². The first kappa shape index (κ1) is 12.5. The molecular formula is C9H13BrClNOS. The number of aliphatic hydroxyl groups is 1. The van der Waals surface area contributed by atoms with Gasteiger partial charge in [-0.1, -0.05) is 11.6 Å². The molecule has 0 aliphatic heterocycles. The molecule has 0 amide bonds. The van der Waals surface area contributed by atoms with E-state index < -0.39 is 5.60 Å². The monoisotopic (exact) mass is 297 g/mol. The Balaban J connectivity index is 2.39. The van der Waals surface area contributed by atoms with Gasteiger partial charge in [0.15, 0.2) is 0 Å².